The molecule has 0 bridgehead atoms. The van der Waals surface area contributed by atoms with Gasteiger partial charge in [0.1, 0.15) is 0 Å². The second kappa shape index (κ2) is 7.18. The lowest BCUT2D eigenvalue weighted by Crippen LogP contribution is -2.33. The molecule has 126 valence electrons. The quantitative estimate of drug-likeness (QED) is 0.905. The van der Waals surface area contributed by atoms with Crippen molar-refractivity contribution in [2.24, 2.45) is 0 Å². The van der Waals surface area contributed by atoms with E-state index >= 15 is 0 Å². The number of carbonyl (C=O) groups excluding carboxylic acids is 1. The topological polar surface area (TPSA) is 32.3 Å². The molecule has 24 heavy (non-hydrogen) atoms. The highest BCUT2D eigenvalue weighted by atomic mass is 16.2. The molecule has 1 N–H and O–H groups in total. The van der Waals surface area contributed by atoms with Gasteiger partial charge in [-0.2, -0.15) is 0 Å². The Hall–Kier alpha value is -2.13. The molecule has 1 saturated heterocycles. The minimum atomic E-state index is 0.0767. The highest BCUT2D eigenvalue weighted by Gasteiger charge is 2.27. The number of anilines is 1. The van der Waals surface area contributed by atoms with Gasteiger partial charge < -0.3 is 5.32 Å². The number of hydrogen-bond acceptors (Lipinski definition) is 2. The lowest BCUT2D eigenvalue weighted by Gasteiger charge is -2.24. The van der Waals surface area contributed by atoms with Crippen molar-refractivity contribution in [3.05, 3.63) is 64.7 Å². The minimum Gasteiger partial charge on any atom is -0.324 e. The number of carbonyl (C=O) groups is 1. The number of aryl methyl sites for hydroxylation is 3. The molecule has 2 aromatic rings. The van der Waals surface area contributed by atoms with Crippen molar-refractivity contribution >= 4 is 11.6 Å². The summed E-state index contributed by atoms with van der Waals surface area (Å²) in [6.07, 6.45) is 2.27. The Bertz CT molecular complexity index is 701. The molecule has 0 radical (unpaired) electrons. The number of rotatable bonds is 4. The summed E-state index contributed by atoms with van der Waals surface area (Å²) in [4.78, 5) is 14.9. The first-order valence-corrected chi connectivity index (χ1v) is 8.71. The van der Waals surface area contributed by atoms with Gasteiger partial charge in [-0.05, 0) is 56.8 Å². The van der Waals surface area contributed by atoms with Crippen LogP contribution in [0.15, 0.2) is 42.5 Å². The number of hydrogen-bond donors (Lipinski definition) is 1. The van der Waals surface area contributed by atoms with Crippen LogP contribution in [-0.2, 0) is 4.79 Å². The molecule has 1 fully saturated rings. The molecule has 0 saturated carbocycles. The number of benzene rings is 2. The maximum Gasteiger partial charge on any atom is 0.238 e. The van der Waals surface area contributed by atoms with Crippen molar-refractivity contribution in [1.82, 2.24) is 4.90 Å². The molecule has 0 unspecified atom stereocenters. The summed E-state index contributed by atoms with van der Waals surface area (Å²) >= 11 is 0. The van der Waals surface area contributed by atoms with E-state index in [4.69, 9.17) is 0 Å². The van der Waals surface area contributed by atoms with E-state index < -0.39 is 0 Å². The monoisotopic (exact) mass is 322 g/mol. The van der Waals surface area contributed by atoms with Gasteiger partial charge in [0.25, 0.3) is 0 Å². The Morgan fingerprint density at radius 1 is 1.12 bits per heavy atom. The normalized spacial score (nSPS) is 17.9. The summed E-state index contributed by atoms with van der Waals surface area (Å²) in [6, 6.07) is 15.1. The molecular formula is C21H26N2O. The Kier molecular flexibility index (Phi) is 5.00. The standard InChI is InChI=1S/C21H26N2O/c1-15-12-16(2)21(17(3)13-15)22-20(24)14-23-11-7-10-19(23)18-8-5-4-6-9-18/h4-6,8-9,12-13,19H,7,10-11,14H2,1-3H3,(H,22,24)/t19-/m0/s1. The molecule has 1 aliphatic rings. The van der Waals surface area contributed by atoms with Crippen LogP contribution >= 0.6 is 0 Å². The summed E-state index contributed by atoms with van der Waals surface area (Å²) in [6.45, 7) is 7.63. The van der Waals surface area contributed by atoms with E-state index in [1.807, 2.05) is 6.07 Å². The first-order chi connectivity index (χ1) is 11.5. The Morgan fingerprint density at radius 2 is 1.79 bits per heavy atom. The summed E-state index contributed by atoms with van der Waals surface area (Å²) in [5.41, 5.74) is 5.75. The molecule has 0 aliphatic carbocycles. The lowest BCUT2D eigenvalue weighted by molar-refractivity contribution is -0.117. The lowest BCUT2D eigenvalue weighted by atomic mass is 10.0. The van der Waals surface area contributed by atoms with Crippen molar-refractivity contribution in [3.8, 4) is 0 Å². The average molecular weight is 322 g/mol. The van der Waals surface area contributed by atoms with E-state index in [1.54, 1.807) is 0 Å². The van der Waals surface area contributed by atoms with Gasteiger partial charge in [0.2, 0.25) is 5.91 Å². The van der Waals surface area contributed by atoms with Crippen molar-refractivity contribution in [2.45, 2.75) is 39.7 Å². The summed E-state index contributed by atoms with van der Waals surface area (Å²) in [5.74, 6) is 0.0767. The van der Waals surface area contributed by atoms with Gasteiger partial charge in [-0.1, -0.05) is 48.0 Å². The van der Waals surface area contributed by atoms with Crippen molar-refractivity contribution in [2.75, 3.05) is 18.4 Å². The summed E-state index contributed by atoms with van der Waals surface area (Å²) in [7, 11) is 0. The van der Waals surface area contributed by atoms with E-state index in [9.17, 15) is 4.79 Å². The van der Waals surface area contributed by atoms with Crippen molar-refractivity contribution in [1.29, 1.82) is 0 Å². The van der Waals surface area contributed by atoms with Crippen LogP contribution in [0.5, 0.6) is 0 Å². The Morgan fingerprint density at radius 3 is 2.46 bits per heavy atom. The second-order valence-electron chi connectivity index (χ2n) is 6.86. The Labute approximate surface area is 144 Å². The zero-order valence-corrected chi connectivity index (χ0v) is 14.8. The minimum absolute atomic E-state index is 0.0767. The predicted molar refractivity (Wildman–Crippen MR) is 99.3 cm³/mol. The third-order valence-electron chi connectivity index (χ3n) is 4.84. The maximum atomic E-state index is 12.6. The molecule has 0 aromatic heterocycles. The molecule has 3 rings (SSSR count). The number of nitrogens with one attached hydrogen (secondary N) is 1. The van der Waals surface area contributed by atoms with Crippen LogP contribution in [0.1, 0.15) is 41.1 Å². The SMILES string of the molecule is Cc1cc(C)c(NC(=O)CN2CCC[C@H]2c2ccccc2)c(C)c1. The zero-order valence-electron chi connectivity index (χ0n) is 14.8. The zero-order chi connectivity index (χ0) is 17.1. The Balaban J connectivity index is 1.69. The molecule has 1 aliphatic heterocycles. The van der Waals surface area contributed by atoms with Crippen LogP contribution < -0.4 is 5.32 Å². The van der Waals surface area contributed by atoms with Crippen LogP contribution in [-0.4, -0.2) is 23.9 Å². The predicted octanol–water partition coefficient (Wildman–Crippen LogP) is 4.39. The molecule has 2 aromatic carbocycles. The maximum absolute atomic E-state index is 12.6. The molecular weight excluding hydrogens is 296 g/mol. The van der Waals surface area contributed by atoms with Gasteiger partial charge in [0.15, 0.2) is 0 Å². The van der Waals surface area contributed by atoms with Crippen LogP contribution in [0.25, 0.3) is 0 Å². The molecule has 1 amide bonds. The molecule has 1 heterocycles. The van der Waals surface area contributed by atoms with Crippen molar-refractivity contribution < 1.29 is 4.79 Å². The number of nitrogens with zero attached hydrogens (tertiary/aromatic N) is 1. The smallest absolute Gasteiger partial charge is 0.238 e. The second-order valence-corrected chi connectivity index (χ2v) is 6.86. The first kappa shape index (κ1) is 16.7. The van der Waals surface area contributed by atoms with E-state index in [0.29, 0.717) is 12.6 Å². The fourth-order valence-corrected chi connectivity index (χ4v) is 3.81. The van der Waals surface area contributed by atoms with Crippen molar-refractivity contribution in [3.63, 3.8) is 0 Å². The molecule has 1 atom stereocenters. The highest BCUT2D eigenvalue weighted by molar-refractivity contribution is 5.93. The van der Waals surface area contributed by atoms with E-state index in [0.717, 1.165) is 36.2 Å². The van der Waals surface area contributed by atoms with E-state index in [2.05, 4.69) is 67.4 Å². The van der Waals surface area contributed by atoms with Gasteiger partial charge in [-0.15, -0.1) is 0 Å². The third-order valence-corrected chi connectivity index (χ3v) is 4.84. The highest BCUT2D eigenvalue weighted by Crippen LogP contribution is 2.31. The fourth-order valence-electron chi connectivity index (χ4n) is 3.81. The number of likely N-dealkylation sites (tertiary alicyclic amines) is 1. The van der Waals surface area contributed by atoms with Gasteiger partial charge in [0.05, 0.1) is 6.54 Å². The summed E-state index contributed by atoms with van der Waals surface area (Å²) < 4.78 is 0. The number of amides is 1. The van der Waals surface area contributed by atoms with E-state index in [1.165, 1.54) is 11.1 Å². The molecule has 0 spiro atoms. The van der Waals surface area contributed by atoms with Crippen LogP contribution in [0, 0.1) is 20.8 Å². The van der Waals surface area contributed by atoms with E-state index in [-0.39, 0.29) is 5.91 Å². The first-order valence-electron chi connectivity index (χ1n) is 8.71. The van der Waals surface area contributed by atoms with Crippen LogP contribution in [0.4, 0.5) is 5.69 Å². The third kappa shape index (κ3) is 3.68. The molecule has 3 heteroatoms. The fraction of sp³-hybridized carbons (Fsp3) is 0.381. The van der Waals surface area contributed by atoms with Gasteiger partial charge in [0, 0.05) is 11.7 Å². The van der Waals surface area contributed by atoms with Gasteiger partial charge in [-0.3, -0.25) is 9.69 Å². The molecule has 3 nitrogen and oxygen atoms in total. The largest absolute Gasteiger partial charge is 0.324 e. The van der Waals surface area contributed by atoms with Crippen LogP contribution in [0.2, 0.25) is 0 Å². The average Bonchev–Trinajstić information content (AvgIpc) is 3.00. The summed E-state index contributed by atoms with van der Waals surface area (Å²) in [5, 5.41) is 3.12. The van der Waals surface area contributed by atoms with Crippen LogP contribution in [0.3, 0.4) is 0 Å². The van der Waals surface area contributed by atoms with Gasteiger partial charge >= 0.3 is 0 Å². The van der Waals surface area contributed by atoms with Gasteiger partial charge in [-0.25, -0.2) is 0 Å².